The van der Waals surface area contributed by atoms with Gasteiger partial charge in [0, 0.05) is 12.5 Å². The normalized spacial score (nSPS) is 12.1. The fourth-order valence-electron chi connectivity index (χ4n) is 0.993. The topological polar surface area (TPSA) is 38.9 Å². The van der Waals surface area contributed by atoms with Crippen LogP contribution in [0.5, 0.6) is 0 Å². The first kappa shape index (κ1) is 9.69. The second-order valence-corrected chi connectivity index (χ2v) is 2.75. The van der Waals surface area contributed by atoms with Crippen molar-refractivity contribution in [2.24, 2.45) is 5.73 Å². The van der Waals surface area contributed by atoms with Gasteiger partial charge in [-0.1, -0.05) is 0 Å². The first-order valence-electron chi connectivity index (χ1n) is 4.04. The molecule has 0 aliphatic rings. The van der Waals surface area contributed by atoms with Gasteiger partial charge in [-0.15, -0.1) is 12.3 Å². The summed E-state index contributed by atoms with van der Waals surface area (Å²) < 4.78 is 12.5. The summed E-state index contributed by atoms with van der Waals surface area (Å²) in [7, 11) is 0. The van der Waals surface area contributed by atoms with E-state index in [2.05, 4.69) is 10.9 Å². The second kappa shape index (κ2) is 4.58. The molecule has 0 fully saturated rings. The van der Waals surface area contributed by atoms with Gasteiger partial charge in [0.1, 0.15) is 5.82 Å². The molecule has 0 aliphatic carbocycles. The molecule has 1 aromatic rings. The molecule has 0 saturated heterocycles. The van der Waals surface area contributed by atoms with Crippen LogP contribution in [-0.2, 0) is 0 Å². The van der Waals surface area contributed by atoms with Crippen molar-refractivity contribution in [2.75, 3.05) is 0 Å². The van der Waals surface area contributed by atoms with E-state index in [0.717, 1.165) is 6.20 Å². The minimum atomic E-state index is -0.354. The third-order valence-corrected chi connectivity index (χ3v) is 1.73. The average Bonchev–Trinajstić information content (AvgIpc) is 2.15. The lowest BCUT2D eigenvalue weighted by Crippen LogP contribution is -2.11. The first-order chi connectivity index (χ1) is 6.24. The molecule has 0 aromatic carbocycles. The first-order valence-corrected chi connectivity index (χ1v) is 4.04. The van der Waals surface area contributed by atoms with Crippen molar-refractivity contribution in [3.05, 3.63) is 29.8 Å². The molecule has 0 saturated carbocycles. The van der Waals surface area contributed by atoms with Gasteiger partial charge in [-0.3, -0.25) is 4.98 Å². The van der Waals surface area contributed by atoms with Crippen molar-refractivity contribution in [1.29, 1.82) is 0 Å². The molecular formula is C10H11FN2. The zero-order chi connectivity index (χ0) is 9.68. The van der Waals surface area contributed by atoms with E-state index in [9.17, 15) is 4.39 Å². The van der Waals surface area contributed by atoms with Gasteiger partial charge in [0.25, 0.3) is 0 Å². The summed E-state index contributed by atoms with van der Waals surface area (Å²) in [5, 5.41) is 0. The number of terminal acetylenes is 1. The molecule has 3 heteroatoms. The molecule has 2 nitrogen and oxygen atoms in total. The number of rotatable bonds is 3. The fourth-order valence-corrected chi connectivity index (χ4v) is 0.993. The van der Waals surface area contributed by atoms with Crippen LogP contribution in [0, 0.1) is 18.2 Å². The monoisotopic (exact) mass is 178 g/mol. The van der Waals surface area contributed by atoms with Crippen molar-refractivity contribution in [3.8, 4) is 12.3 Å². The van der Waals surface area contributed by atoms with Gasteiger partial charge in [0.15, 0.2) is 0 Å². The fraction of sp³-hybridized carbons (Fsp3) is 0.300. The lowest BCUT2D eigenvalue weighted by molar-refractivity contribution is 0.605. The van der Waals surface area contributed by atoms with Crippen LogP contribution in [0.4, 0.5) is 4.39 Å². The minimum Gasteiger partial charge on any atom is -0.323 e. The quantitative estimate of drug-likeness (QED) is 0.714. The van der Waals surface area contributed by atoms with Crippen LogP contribution in [0.1, 0.15) is 24.6 Å². The third-order valence-electron chi connectivity index (χ3n) is 1.73. The molecule has 0 spiro atoms. The molecule has 0 bridgehead atoms. The zero-order valence-electron chi connectivity index (χ0n) is 7.20. The lowest BCUT2D eigenvalue weighted by Gasteiger charge is -2.08. The maximum Gasteiger partial charge on any atom is 0.141 e. The maximum atomic E-state index is 12.5. The Morgan fingerprint density at radius 2 is 2.38 bits per heavy atom. The van der Waals surface area contributed by atoms with Crippen LogP contribution in [0.2, 0.25) is 0 Å². The van der Waals surface area contributed by atoms with Crippen LogP contribution in [0.3, 0.4) is 0 Å². The van der Waals surface area contributed by atoms with Crippen LogP contribution in [0.25, 0.3) is 0 Å². The Morgan fingerprint density at radius 3 is 2.92 bits per heavy atom. The summed E-state index contributed by atoms with van der Waals surface area (Å²) in [4.78, 5) is 3.86. The molecular weight excluding hydrogens is 167 g/mol. The standard InChI is InChI=1S/C10H11FN2/c1-2-3-4-9(12)10-6-5-8(11)7-13-10/h1,5-7,9H,3-4,12H2. The van der Waals surface area contributed by atoms with Crippen molar-refractivity contribution in [3.63, 3.8) is 0 Å². The van der Waals surface area contributed by atoms with Gasteiger partial charge in [0.2, 0.25) is 0 Å². The largest absolute Gasteiger partial charge is 0.323 e. The third kappa shape index (κ3) is 2.85. The zero-order valence-corrected chi connectivity index (χ0v) is 7.20. The second-order valence-electron chi connectivity index (χ2n) is 2.75. The minimum absolute atomic E-state index is 0.198. The SMILES string of the molecule is C#CCCC(N)c1ccc(F)cn1. The maximum absolute atomic E-state index is 12.5. The van der Waals surface area contributed by atoms with E-state index in [1.807, 2.05) is 0 Å². The Balaban J connectivity index is 2.62. The Bertz CT molecular complexity index is 300. The highest BCUT2D eigenvalue weighted by Crippen LogP contribution is 2.12. The number of hydrogen-bond donors (Lipinski definition) is 1. The summed E-state index contributed by atoms with van der Waals surface area (Å²) in [6, 6.07) is 2.73. The molecule has 0 radical (unpaired) electrons. The van der Waals surface area contributed by atoms with E-state index < -0.39 is 0 Å². The molecule has 1 heterocycles. The number of hydrogen-bond acceptors (Lipinski definition) is 2. The molecule has 2 N–H and O–H groups in total. The molecule has 1 unspecified atom stereocenters. The summed E-state index contributed by atoms with van der Waals surface area (Å²) in [5.74, 6) is 2.14. The number of nitrogens with zero attached hydrogens (tertiary/aromatic N) is 1. The molecule has 0 amide bonds. The number of aromatic nitrogens is 1. The molecule has 1 atom stereocenters. The van der Waals surface area contributed by atoms with Crippen LogP contribution >= 0.6 is 0 Å². The van der Waals surface area contributed by atoms with Gasteiger partial charge in [-0.05, 0) is 18.6 Å². The molecule has 0 aliphatic heterocycles. The van der Waals surface area contributed by atoms with Crippen molar-refractivity contribution < 1.29 is 4.39 Å². The average molecular weight is 178 g/mol. The Hall–Kier alpha value is -1.40. The number of nitrogens with two attached hydrogens (primary N) is 1. The molecule has 68 valence electrons. The smallest absolute Gasteiger partial charge is 0.141 e. The number of pyridine rings is 1. The Kier molecular flexibility index (Phi) is 3.41. The van der Waals surface area contributed by atoms with Gasteiger partial charge >= 0.3 is 0 Å². The van der Waals surface area contributed by atoms with Crippen LogP contribution < -0.4 is 5.73 Å². The summed E-state index contributed by atoms with van der Waals surface area (Å²) >= 11 is 0. The lowest BCUT2D eigenvalue weighted by atomic mass is 10.1. The van der Waals surface area contributed by atoms with E-state index in [0.29, 0.717) is 18.5 Å². The summed E-state index contributed by atoms with van der Waals surface area (Å²) in [6.45, 7) is 0. The van der Waals surface area contributed by atoms with Gasteiger partial charge < -0.3 is 5.73 Å². The Morgan fingerprint density at radius 1 is 1.62 bits per heavy atom. The van der Waals surface area contributed by atoms with E-state index >= 15 is 0 Å². The van der Waals surface area contributed by atoms with Gasteiger partial charge in [-0.2, -0.15) is 0 Å². The van der Waals surface area contributed by atoms with Crippen LogP contribution in [0.15, 0.2) is 18.3 Å². The predicted molar refractivity (Wildman–Crippen MR) is 49.2 cm³/mol. The Labute approximate surface area is 77.0 Å². The molecule has 1 aromatic heterocycles. The van der Waals surface area contributed by atoms with Crippen molar-refractivity contribution in [1.82, 2.24) is 4.98 Å². The van der Waals surface area contributed by atoms with E-state index in [1.165, 1.54) is 6.07 Å². The van der Waals surface area contributed by atoms with Gasteiger partial charge in [-0.25, -0.2) is 4.39 Å². The van der Waals surface area contributed by atoms with Crippen LogP contribution in [-0.4, -0.2) is 4.98 Å². The summed E-state index contributed by atoms with van der Waals surface area (Å²) in [6.07, 6.45) is 7.54. The predicted octanol–water partition coefficient (Wildman–Crippen LogP) is 1.63. The molecule has 13 heavy (non-hydrogen) atoms. The summed E-state index contributed by atoms with van der Waals surface area (Å²) in [5.41, 5.74) is 6.43. The van der Waals surface area contributed by atoms with Gasteiger partial charge in [0.05, 0.1) is 11.9 Å². The van der Waals surface area contributed by atoms with E-state index in [-0.39, 0.29) is 11.9 Å². The van der Waals surface area contributed by atoms with E-state index in [4.69, 9.17) is 12.2 Å². The highest BCUT2D eigenvalue weighted by atomic mass is 19.1. The highest BCUT2D eigenvalue weighted by Gasteiger charge is 2.05. The van der Waals surface area contributed by atoms with Crippen molar-refractivity contribution >= 4 is 0 Å². The molecule has 1 rings (SSSR count). The highest BCUT2D eigenvalue weighted by molar-refractivity contribution is 5.09. The van der Waals surface area contributed by atoms with E-state index in [1.54, 1.807) is 6.07 Å². The number of halogens is 1. The van der Waals surface area contributed by atoms with Crippen molar-refractivity contribution in [2.45, 2.75) is 18.9 Å².